The Balaban J connectivity index is 1.94. The maximum atomic E-state index is 6.03. The van der Waals surface area contributed by atoms with Gasteiger partial charge in [0.05, 0.1) is 0 Å². The first-order valence-electron chi connectivity index (χ1n) is 6.50. The molecule has 2 rings (SSSR count). The molecule has 0 aliphatic carbocycles. The van der Waals surface area contributed by atoms with Gasteiger partial charge in [-0.05, 0) is 18.4 Å². The number of rotatable bonds is 7. The molecule has 2 aromatic rings. The molecule has 1 aromatic carbocycles. The molecule has 0 aliphatic heterocycles. The van der Waals surface area contributed by atoms with Crippen molar-refractivity contribution in [2.75, 3.05) is 11.2 Å². The topological polar surface area (TPSA) is 37.8 Å². The SMILES string of the molecule is CCCc1nsc(NC(CCl)Cc2ccccc2)n1. The highest BCUT2D eigenvalue weighted by Crippen LogP contribution is 2.15. The van der Waals surface area contributed by atoms with Gasteiger partial charge in [-0.25, -0.2) is 4.98 Å². The van der Waals surface area contributed by atoms with E-state index in [9.17, 15) is 0 Å². The molecule has 1 atom stereocenters. The molecule has 1 N–H and O–H groups in total. The molecular formula is C14H18ClN3S. The molecule has 1 aromatic heterocycles. The Morgan fingerprint density at radius 1 is 1.32 bits per heavy atom. The first kappa shape index (κ1) is 14.3. The van der Waals surface area contributed by atoms with Crippen LogP contribution in [0.3, 0.4) is 0 Å². The van der Waals surface area contributed by atoms with E-state index >= 15 is 0 Å². The Morgan fingerprint density at radius 3 is 2.79 bits per heavy atom. The van der Waals surface area contributed by atoms with Gasteiger partial charge >= 0.3 is 0 Å². The Labute approximate surface area is 123 Å². The second kappa shape index (κ2) is 7.46. The van der Waals surface area contributed by atoms with E-state index in [1.165, 1.54) is 17.1 Å². The Morgan fingerprint density at radius 2 is 2.11 bits per heavy atom. The number of hydrogen-bond acceptors (Lipinski definition) is 4. The van der Waals surface area contributed by atoms with Gasteiger partial charge < -0.3 is 5.32 Å². The summed E-state index contributed by atoms with van der Waals surface area (Å²) in [5, 5.41) is 4.23. The molecule has 0 spiro atoms. The van der Waals surface area contributed by atoms with E-state index in [1.807, 2.05) is 18.2 Å². The molecule has 3 nitrogen and oxygen atoms in total. The molecule has 1 heterocycles. The van der Waals surface area contributed by atoms with Crippen molar-refractivity contribution in [3.8, 4) is 0 Å². The Kier molecular flexibility index (Phi) is 5.61. The molecule has 0 saturated carbocycles. The molecule has 0 saturated heterocycles. The number of halogens is 1. The van der Waals surface area contributed by atoms with E-state index in [0.29, 0.717) is 5.88 Å². The number of hydrogen-bond donors (Lipinski definition) is 1. The molecule has 102 valence electrons. The van der Waals surface area contributed by atoms with Crippen molar-refractivity contribution in [2.24, 2.45) is 0 Å². The predicted octanol–water partition coefficient (Wildman–Crippen LogP) is 3.75. The summed E-state index contributed by atoms with van der Waals surface area (Å²) in [5.74, 6) is 1.47. The van der Waals surface area contributed by atoms with Crippen molar-refractivity contribution >= 4 is 28.3 Å². The maximum Gasteiger partial charge on any atom is 0.202 e. The minimum atomic E-state index is 0.187. The summed E-state index contributed by atoms with van der Waals surface area (Å²) in [4.78, 5) is 4.47. The molecule has 0 radical (unpaired) electrons. The zero-order valence-corrected chi connectivity index (χ0v) is 12.5. The number of aryl methyl sites for hydroxylation is 1. The van der Waals surface area contributed by atoms with Crippen molar-refractivity contribution in [3.63, 3.8) is 0 Å². The van der Waals surface area contributed by atoms with Crippen LogP contribution in [0.2, 0.25) is 0 Å². The van der Waals surface area contributed by atoms with Crippen molar-refractivity contribution in [3.05, 3.63) is 41.7 Å². The van der Waals surface area contributed by atoms with Gasteiger partial charge in [-0.15, -0.1) is 11.6 Å². The van der Waals surface area contributed by atoms with Gasteiger partial charge in [-0.3, -0.25) is 0 Å². The first-order chi connectivity index (χ1) is 9.31. The third-order valence-corrected chi connectivity index (χ3v) is 3.84. The first-order valence-corrected chi connectivity index (χ1v) is 7.81. The van der Waals surface area contributed by atoms with Crippen LogP contribution in [0.4, 0.5) is 5.13 Å². The highest BCUT2D eigenvalue weighted by molar-refractivity contribution is 7.09. The van der Waals surface area contributed by atoms with Crippen LogP contribution in [-0.2, 0) is 12.8 Å². The lowest BCUT2D eigenvalue weighted by molar-refractivity contribution is 0.791. The van der Waals surface area contributed by atoms with Crippen LogP contribution < -0.4 is 5.32 Å². The molecule has 19 heavy (non-hydrogen) atoms. The minimum absolute atomic E-state index is 0.187. The Hall–Kier alpha value is -1.13. The maximum absolute atomic E-state index is 6.03. The van der Waals surface area contributed by atoms with Crippen LogP contribution in [0.1, 0.15) is 24.7 Å². The largest absolute Gasteiger partial charge is 0.356 e. The molecule has 0 aliphatic rings. The fourth-order valence-corrected chi connectivity index (χ4v) is 2.73. The third-order valence-electron chi connectivity index (χ3n) is 2.78. The summed E-state index contributed by atoms with van der Waals surface area (Å²) < 4.78 is 4.33. The van der Waals surface area contributed by atoms with Crippen LogP contribution >= 0.6 is 23.1 Å². The molecule has 5 heteroatoms. The van der Waals surface area contributed by atoms with Crippen molar-refractivity contribution in [1.29, 1.82) is 0 Å². The zero-order valence-electron chi connectivity index (χ0n) is 11.0. The number of aromatic nitrogens is 2. The second-order valence-electron chi connectivity index (χ2n) is 4.45. The third kappa shape index (κ3) is 4.48. The standard InChI is InChI=1S/C14H18ClN3S/c1-2-6-13-17-14(19-18-13)16-12(10-15)9-11-7-4-3-5-8-11/h3-5,7-8,12H,2,6,9-10H2,1H3,(H,16,17,18). The second-order valence-corrected chi connectivity index (χ2v) is 5.51. The predicted molar refractivity (Wildman–Crippen MR) is 82.2 cm³/mol. The smallest absolute Gasteiger partial charge is 0.202 e. The molecule has 1 unspecified atom stereocenters. The molecular weight excluding hydrogens is 278 g/mol. The lowest BCUT2D eigenvalue weighted by atomic mass is 10.1. The van der Waals surface area contributed by atoms with E-state index in [-0.39, 0.29) is 6.04 Å². The quantitative estimate of drug-likeness (QED) is 0.791. The highest BCUT2D eigenvalue weighted by atomic mass is 35.5. The normalized spacial score (nSPS) is 12.3. The number of nitrogens with zero attached hydrogens (tertiary/aromatic N) is 2. The summed E-state index contributed by atoms with van der Waals surface area (Å²) in [6.07, 6.45) is 2.90. The minimum Gasteiger partial charge on any atom is -0.356 e. The van der Waals surface area contributed by atoms with Gasteiger partial charge in [0.2, 0.25) is 5.13 Å². The van der Waals surface area contributed by atoms with Crippen molar-refractivity contribution < 1.29 is 0 Å². The monoisotopic (exact) mass is 295 g/mol. The van der Waals surface area contributed by atoms with Gasteiger partial charge in [0.15, 0.2) is 0 Å². The fourth-order valence-electron chi connectivity index (χ4n) is 1.86. The number of benzene rings is 1. The molecule has 0 amide bonds. The average molecular weight is 296 g/mol. The van der Waals surface area contributed by atoms with E-state index in [2.05, 4.69) is 33.7 Å². The lowest BCUT2D eigenvalue weighted by Gasteiger charge is -2.14. The van der Waals surface area contributed by atoms with E-state index in [4.69, 9.17) is 11.6 Å². The summed E-state index contributed by atoms with van der Waals surface area (Å²) >= 11 is 7.44. The lowest BCUT2D eigenvalue weighted by Crippen LogP contribution is -2.24. The summed E-state index contributed by atoms with van der Waals surface area (Å²) in [6, 6.07) is 10.5. The van der Waals surface area contributed by atoms with Crippen LogP contribution in [0, 0.1) is 0 Å². The summed E-state index contributed by atoms with van der Waals surface area (Å²) in [6.45, 7) is 2.13. The number of anilines is 1. The van der Waals surface area contributed by atoms with Crippen LogP contribution in [0.25, 0.3) is 0 Å². The summed E-state index contributed by atoms with van der Waals surface area (Å²) in [5.41, 5.74) is 1.28. The van der Waals surface area contributed by atoms with Gasteiger partial charge in [-0.1, -0.05) is 37.3 Å². The van der Waals surface area contributed by atoms with Gasteiger partial charge in [0, 0.05) is 29.9 Å². The van der Waals surface area contributed by atoms with Gasteiger partial charge in [0.25, 0.3) is 0 Å². The molecule has 0 fully saturated rings. The van der Waals surface area contributed by atoms with Gasteiger partial charge in [-0.2, -0.15) is 4.37 Å². The van der Waals surface area contributed by atoms with Crippen LogP contribution in [0.15, 0.2) is 30.3 Å². The van der Waals surface area contributed by atoms with Crippen LogP contribution in [0.5, 0.6) is 0 Å². The summed E-state index contributed by atoms with van der Waals surface area (Å²) in [7, 11) is 0. The van der Waals surface area contributed by atoms with Crippen LogP contribution in [-0.4, -0.2) is 21.3 Å². The van der Waals surface area contributed by atoms with E-state index in [1.54, 1.807) is 0 Å². The zero-order chi connectivity index (χ0) is 13.5. The van der Waals surface area contributed by atoms with E-state index < -0.39 is 0 Å². The number of alkyl halides is 1. The molecule has 0 bridgehead atoms. The fraction of sp³-hybridized carbons (Fsp3) is 0.429. The van der Waals surface area contributed by atoms with E-state index in [0.717, 1.165) is 30.2 Å². The highest BCUT2D eigenvalue weighted by Gasteiger charge is 2.11. The Bertz CT molecular complexity index is 486. The van der Waals surface area contributed by atoms with Crippen molar-refractivity contribution in [1.82, 2.24) is 9.36 Å². The van der Waals surface area contributed by atoms with Crippen molar-refractivity contribution in [2.45, 2.75) is 32.2 Å². The van der Waals surface area contributed by atoms with Gasteiger partial charge in [0.1, 0.15) is 5.82 Å². The average Bonchev–Trinajstić information content (AvgIpc) is 2.87. The number of nitrogens with one attached hydrogen (secondary N) is 1.